The van der Waals surface area contributed by atoms with Crippen LogP contribution in [0, 0.1) is 5.41 Å². The van der Waals surface area contributed by atoms with Gasteiger partial charge in [-0.3, -0.25) is 14.5 Å². The number of benzene rings is 1. The second-order valence-electron chi connectivity index (χ2n) is 6.98. The minimum absolute atomic E-state index is 0.160. The molecule has 0 saturated carbocycles. The molecule has 24 heavy (non-hydrogen) atoms. The highest BCUT2D eigenvalue weighted by molar-refractivity contribution is 6.09. The van der Waals surface area contributed by atoms with Gasteiger partial charge in [-0.2, -0.15) is 0 Å². The lowest BCUT2D eigenvalue weighted by atomic mass is 9.86. The molecular weight excluding hydrogens is 308 g/mol. The summed E-state index contributed by atoms with van der Waals surface area (Å²) in [5, 5.41) is 2.77. The predicted molar refractivity (Wildman–Crippen MR) is 89.7 cm³/mol. The summed E-state index contributed by atoms with van der Waals surface area (Å²) >= 11 is 0. The van der Waals surface area contributed by atoms with Crippen LogP contribution >= 0.6 is 0 Å². The third-order valence-corrected chi connectivity index (χ3v) is 4.43. The molecule has 1 atom stereocenters. The van der Waals surface area contributed by atoms with Gasteiger partial charge in [-0.25, -0.2) is 4.79 Å². The van der Waals surface area contributed by atoms with Crippen LogP contribution in [0.1, 0.15) is 39.7 Å². The van der Waals surface area contributed by atoms with Crippen LogP contribution in [0.2, 0.25) is 0 Å². The number of rotatable bonds is 5. The smallest absolute Gasteiger partial charge is 0.325 e. The van der Waals surface area contributed by atoms with Crippen LogP contribution in [-0.2, 0) is 15.1 Å². The molecule has 6 heteroatoms. The topological polar surface area (TPSA) is 75.7 Å². The number of imide groups is 1. The highest BCUT2D eigenvalue weighted by atomic mass is 16.5. The molecule has 3 amide bonds. The van der Waals surface area contributed by atoms with E-state index in [1.54, 1.807) is 52.1 Å². The van der Waals surface area contributed by atoms with E-state index in [0.717, 1.165) is 4.90 Å². The molecule has 1 unspecified atom stereocenters. The number of carbonyl (C=O) groups is 3. The van der Waals surface area contributed by atoms with Gasteiger partial charge < -0.3 is 10.1 Å². The first kappa shape index (κ1) is 18.0. The highest BCUT2D eigenvalue weighted by Gasteiger charge is 2.52. The second-order valence-corrected chi connectivity index (χ2v) is 6.98. The summed E-state index contributed by atoms with van der Waals surface area (Å²) in [4.78, 5) is 38.5. The first-order valence-electron chi connectivity index (χ1n) is 7.97. The van der Waals surface area contributed by atoms with Gasteiger partial charge in [0, 0.05) is 5.41 Å². The van der Waals surface area contributed by atoms with Gasteiger partial charge in [0.1, 0.15) is 11.3 Å². The molecule has 1 aliphatic heterocycles. The van der Waals surface area contributed by atoms with Crippen LogP contribution < -0.4 is 10.1 Å². The van der Waals surface area contributed by atoms with E-state index in [2.05, 4.69) is 5.32 Å². The molecule has 0 spiro atoms. The summed E-state index contributed by atoms with van der Waals surface area (Å²) < 4.78 is 5.13. The van der Waals surface area contributed by atoms with Gasteiger partial charge in [0.25, 0.3) is 5.91 Å². The van der Waals surface area contributed by atoms with Gasteiger partial charge in [-0.15, -0.1) is 0 Å². The quantitative estimate of drug-likeness (QED) is 0.841. The highest BCUT2D eigenvalue weighted by Crippen LogP contribution is 2.33. The van der Waals surface area contributed by atoms with Gasteiger partial charge in [-0.1, -0.05) is 39.8 Å². The van der Waals surface area contributed by atoms with E-state index >= 15 is 0 Å². The number of nitrogens with one attached hydrogen (secondary N) is 1. The maximum Gasteiger partial charge on any atom is 0.325 e. The van der Waals surface area contributed by atoms with Crippen molar-refractivity contribution in [1.82, 2.24) is 10.2 Å². The summed E-state index contributed by atoms with van der Waals surface area (Å²) in [7, 11) is 1.56. The normalized spacial score (nSPS) is 21.0. The number of methoxy groups -OCH3 is 1. The van der Waals surface area contributed by atoms with Gasteiger partial charge in [-0.05, 0) is 24.1 Å². The number of carbonyl (C=O) groups excluding carboxylic acids is 3. The van der Waals surface area contributed by atoms with Crippen molar-refractivity contribution in [2.45, 2.75) is 39.7 Å². The Morgan fingerprint density at radius 2 is 1.79 bits per heavy atom. The van der Waals surface area contributed by atoms with Crippen LogP contribution in [-0.4, -0.2) is 36.3 Å². The molecule has 2 rings (SSSR count). The van der Waals surface area contributed by atoms with E-state index in [1.807, 2.05) is 6.92 Å². The van der Waals surface area contributed by atoms with Crippen LogP contribution in [0.3, 0.4) is 0 Å². The predicted octanol–water partition coefficient (Wildman–Crippen LogP) is 2.47. The van der Waals surface area contributed by atoms with Crippen molar-refractivity contribution < 1.29 is 19.1 Å². The van der Waals surface area contributed by atoms with E-state index in [0.29, 0.717) is 17.7 Å². The molecule has 1 aromatic rings. The SMILES string of the molecule is CCC1(c2ccc(OC)cc2)NC(=O)N(CC(=O)C(C)(C)C)C1=O. The van der Waals surface area contributed by atoms with E-state index in [9.17, 15) is 14.4 Å². The molecule has 1 N–H and O–H groups in total. The maximum absolute atomic E-state index is 12.9. The molecule has 1 aromatic carbocycles. The number of nitrogens with zero attached hydrogens (tertiary/aromatic N) is 1. The zero-order valence-corrected chi connectivity index (χ0v) is 14.8. The molecule has 1 heterocycles. The lowest BCUT2D eigenvalue weighted by molar-refractivity contribution is -0.137. The van der Waals surface area contributed by atoms with Crippen molar-refractivity contribution in [2.24, 2.45) is 5.41 Å². The average molecular weight is 332 g/mol. The van der Waals surface area contributed by atoms with Crippen molar-refractivity contribution in [1.29, 1.82) is 0 Å². The summed E-state index contributed by atoms with van der Waals surface area (Å²) in [6.45, 7) is 6.92. The molecule has 0 radical (unpaired) electrons. The van der Waals surface area contributed by atoms with Gasteiger partial charge in [0.05, 0.1) is 13.7 Å². The monoisotopic (exact) mass is 332 g/mol. The van der Waals surface area contributed by atoms with Gasteiger partial charge in [0.15, 0.2) is 5.78 Å². The number of hydrogen-bond acceptors (Lipinski definition) is 4. The summed E-state index contributed by atoms with van der Waals surface area (Å²) in [6, 6.07) is 6.48. The zero-order valence-electron chi connectivity index (χ0n) is 14.8. The third kappa shape index (κ3) is 3.00. The molecule has 1 aliphatic rings. The van der Waals surface area contributed by atoms with Crippen LogP contribution in [0.25, 0.3) is 0 Å². The number of ether oxygens (including phenoxy) is 1. The molecule has 130 valence electrons. The fourth-order valence-electron chi connectivity index (χ4n) is 2.67. The van der Waals surface area contributed by atoms with Crippen molar-refractivity contribution >= 4 is 17.7 Å². The van der Waals surface area contributed by atoms with Crippen LogP contribution in [0.15, 0.2) is 24.3 Å². The van der Waals surface area contributed by atoms with E-state index in [-0.39, 0.29) is 12.3 Å². The number of hydrogen-bond donors (Lipinski definition) is 1. The van der Waals surface area contributed by atoms with E-state index in [4.69, 9.17) is 4.74 Å². The Morgan fingerprint density at radius 3 is 2.25 bits per heavy atom. The third-order valence-electron chi connectivity index (χ3n) is 4.43. The standard InChI is InChI=1S/C18H24N2O4/c1-6-18(12-7-9-13(24-5)10-8-12)15(22)20(16(23)19-18)11-14(21)17(2,3)4/h7-10H,6,11H2,1-5H3,(H,19,23). The number of Topliss-reactive ketones (excluding diaryl/α,β-unsaturated/α-hetero) is 1. The lowest BCUT2D eigenvalue weighted by Crippen LogP contribution is -2.44. The van der Waals surface area contributed by atoms with E-state index < -0.39 is 22.9 Å². The van der Waals surface area contributed by atoms with Crippen molar-refractivity contribution in [3.8, 4) is 5.75 Å². The Balaban J connectivity index is 2.34. The second kappa shape index (κ2) is 6.26. The lowest BCUT2D eigenvalue weighted by Gasteiger charge is -2.26. The summed E-state index contributed by atoms with van der Waals surface area (Å²) in [5.74, 6) is 0.118. The Bertz CT molecular complexity index is 661. The van der Waals surface area contributed by atoms with Crippen molar-refractivity contribution in [2.75, 3.05) is 13.7 Å². The molecule has 6 nitrogen and oxygen atoms in total. The van der Waals surface area contributed by atoms with Crippen molar-refractivity contribution in [3.63, 3.8) is 0 Å². The minimum Gasteiger partial charge on any atom is -0.497 e. The largest absolute Gasteiger partial charge is 0.497 e. The molecule has 0 aromatic heterocycles. The Hall–Kier alpha value is -2.37. The first-order valence-corrected chi connectivity index (χ1v) is 7.97. The fourth-order valence-corrected chi connectivity index (χ4v) is 2.67. The Labute approximate surface area is 142 Å². The van der Waals surface area contributed by atoms with Crippen LogP contribution in [0.4, 0.5) is 4.79 Å². The Kier molecular flexibility index (Phi) is 4.69. The summed E-state index contributed by atoms with van der Waals surface area (Å²) in [6.07, 6.45) is 0.393. The van der Waals surface area contributed by atoms with E-state index in [1.165, 1.54) is 0 Å². The number of urea groups is 1. The molecule has 1 saturated heterocycles. The number of ketones is 1. The van der Waals surface area contributed by atoms with Gasteiger partial charge in [0.2, 0.25) is 0 Å². The van der Waals surface area contributed by atoms with Crippen molar-refractivity contribution in [3.05, 3.63) is 29.8 Å². The molecule has 0 aliphatic carbocycles. The molecule has 1 fully saturated rings. The first-order chi connectivity index (χ1) is 11.2. The molecular formula is C18H24N2O4. The Morgan fingerprint density at radius 1 is 1.21 bits per heavy atom. The molecule has 0 bridgehead atoms. The summed E-state index contributed by atoms with van der Waals surface area (Å²) in [5.41, 5.74) is -1.07. The van der Waals surface area contributed by atoms with Crippen LogP contribution in [0.5, 0.6) is 5.75 Å². The van der Waals surface area contributed by atoms with Gasteiger partial charge >= 0.3 is 6.03 Å². The number of amides is 3. The average Bonchev–Trinajstić information content (AvgIpc) is 2.79. The fraction of sp³-hybridized carbons (Fsp3) is 0.500. The maximum atomic E-state index is 12.9. The minimum atomic E-state index is -1.14. The zero-order chi connectivity index (χ0) is 18.1.